The molecule has 17 heavy (non-hydrogen) atoms. The van der Waals surface area contributed by atoms with Crippen molar-refractivity contribution in [3.05, 3.63) is 48.0 Å². The van der Waals surface area contributed by atoms with Gasteiger partial charge in [-0.1, -0.05) is 36.4 Å². The van der Waals surface area contributed by atoms with E-state index in [4.69, 9.17) is 9.47 Å². The second-order valence-corrected chi connectivity index (χ2v) is 3.52. The Labute approximate surface area is 103 Å². The Kier molecular flexibility index (Phi) is 6.55. The number of benzene rings is 1. The molecule has 1 aromatic carbocycles. The molecule has 0 saturated heterocycles. The molecular weight excluding hydrogens is 216 g/mol. The van der Waals surface area contributed by atoms with E-state index in [0.717, 1.165) is 5.56 Å². The molecule has 0 saturated carbocycles. The Morgan fingerprint density at radius 2 is 1.65 bits per heavy atom. The van der Waals surface area contributed by atoms with Gasteiger partial charge in [0, 0.05) is 13.2 Å². The van der Waals surface area contributed by atoms with Crippen LogP contribution >= 0.6 is 0 Å². The maximum atomic E-state index is 9.91. The molecule has 94 valence electrons. The van der Waals surface area contributed by atoms with Gasteiger partial charge in [-0.25, -0.2) is 0 Å². The van der Waals surface area contributed by atoms with E-state index >= 15 is 0 Å². The summed E-state index contributed by atoms with van der Waals surface area (Å²) >= 11 is 0. The minimum atomic E-state index is -0.625. The van der Waals surface area contributed by atoms with Crippen molar-refractivity contribution < 1.29 is 14.6 Å². The van der Waals surface area contributed by atoms with Crippen molar-refractivity contribution in [3.63, 3.8) is 0 Å². The maximum Gasteiger partial charge on any atom is 0.176 e. The molecule has 0 aliphatic carbocycles. The van der Waals surface area contributed by atoms with Gasteiger partial charge in [0.05, 0.1) is 6.10 Å². The van der Waals surface area contributed by atoms with Crippen molar-refractivity contribution in [2.75, 3.05) is 13.2 Å². The molecule has 0 aromatic heterocycles. The van der Waals surface area contributed by atoms with Crippen LogP contribution in [0.4, 0.5) is 0 Å². The van der Waals surface area contributed by atoms with Crippen molar-refractivity contribution in [2.45, 2.75) is 26.2 Å². The summed E-state index contributed by atoms with van der Waals surface area (Å²) in [5, 5.41) is 9.91. The number of aliphatic hydroxyl groups excluding tert-OH is 1. The van der Waals surface area contributed by atoms with Crippen LogP contribution in [0.2, 0.25) is 0 Å². The first-order chi connectivity index (χ1) is 8.27. The van der Waals surface area contributed by atoms with Gasteiger partial charge in [0.2, 0.25) is 0 Å². The summed E-state index contributed by atoms with van der Waals surface area (Å²) in [6.45, 7) is 4.98. The first-order valence-electron chi connectivity index (χ1n) is 5.92. The monoisotopic (exact) mass is 236 g/mol. The largest absolute Gasteiger partial charge is 0.384 e. The van der Waals surface area contributed by atoms with Crippen molar-refractivity contribution in [2.24, 2.45) is 0 Å². The van der Waals surface area contributed by atoms with Gasteiger partial charge in [0.1, 0.15) is 0 Å². The number of hydrogen-bond acceptors (Lipinski definition) is 3. The lowest BCUT2D eigenvalue weighted by Crippen LogP contribution is -2.14. The molecule has 1 atom stereocenters. The predicted molar refractivity (Wildman–Crippen MR) is 67.6 cm³/mol. The van der Waals surface area contributed by atoms with Crippen LogP contribution in [-0.4, -0.2) is 24.6 Å². The van der Waals surface area contributed by atoms with Gasteiger partial charge in [-0.2, -0.15) is 0 Å². The molecule has 3 heteroatoms. The van der Waals surface area contributed by atoms with Gasteiger partial charge in [0.25, 0.3) is 0 Å². The van der Waals surface area contributed by atoms with E-state index in [0.29, 0.717) is 13.2 Å². The van der Waals surface area contributed by atoms with Crippen molar-refractivity contribution in [3.8, 4) is 0 Å². The SMILES string of the molecule is CCOC(/C=C/[C@H](O)c1ccccc1)OCC. The van der Waals surface area contributed by atoms with Crippen LogP contribution in [0.25, 0.3) is 0 Å². The van der Waals surface area contributed by atoms with E-state index < -0.39 is 6.10 Å². The minimum Gasteiger partial charge on any atom is -0.384 e. The zero-order chi connectivity index (χ0) is 12.5. The highest BCUT2D eigenvalue weighted by Crippen LogP contribution is 2.14. The highest BCUT2D eigenvalue weighted by atomic mass is 16.7. The van der Waals surface area contributed by atoms with Crippen LogP contribution in [0.1, 0.15) is 25.5 Å². The average molecular weight is 236 g/mol. The zero-order valence-corrected chi connectivity index (χ0v) is 10.4. The van der Waals surface area contributed by atoms with E-state index in [1.807, 2.05) is 44.2 Å². The molecular formula is C14H20O3. The van der Waals surface area contributed by atoms with Crippen LogP contribution in [0, 0.1) is 0 Å². The van der Waals surface area contributed by atoms with Crippen molar-refractivity contribution in [1.29, 1.82) is 0 Å². The Bertz CT molecular complexity index is 315. The standard InChI is InChI=1S/C14H20O3/c1-3-16-14(17-4-2)11-10-13(15)12-8-6-5-7-9-12/h5-11,13-15H,3-4H2,1-2H3/b11-10+/t13-/m0/s1. The van der Waals surface area contributed by atoms with E-state index in [-0.39, 0.29) is 6.29 Å². The summed E-state index contributed by atoms with van der Waals surface area (Å²) in [6, 6.07) is 9.48. The van der Waals surface area contributed by atoms with Gasteiger partial charge in [0.15, 0.2) is 6.29 Å². The zero-order valence-electron chi connectivity index (χ0n) is 10.4. The molecule has 1 aromatic rings. The molecule has 0 fully saturated rings. The predicted octanol–water partition coefficient (Wildman–Crippen LogP) is 2.68. The van der Waals surface area contributed by atoms with Gasteiger partial charge in [-0.05, 0) is 25.5 Å². The highest BCUT2D eigenvalue weighted by Gasteiger charge is 2.05. The Morgan fingerprint density at radius 3 is 2.18 bits per heavy atom. The fourth-order valence-corrected chi connectivity index (χ4v) is 1.45. The van der Waals surface area contributed by atoms with Gasteiger partial charge in [-0.3, -0.25) is 0 Å². The molecule has 0 aliphatic rings. The molecule has 0 heterocycles. The molecule has 1 N–H and O–H groups in total. The molecule has 0 amide bonds. The average Bonchev–Trinajstić information content (AvgIpc) is 2.37. The third-order valence-electron chi connectivity index (χ3n) is 2.25. The van der Waals surface area contributed by atoms with Gasteiger partial charge >= 0.3 is 0 Å². The molecule has 0 spiro atoms. The molecule has 0 bridgehead atoms. The molecule has 0 unspecified atom stereocenters. The molecule has 0 radical (unpaired) electrons. The molecule has 3 nitrogen and oxygen atoms in total. The second-order valence-electron chi connectivity index (χ2n) is 3.52. The first kappa shape index (κ1) is 13.9. The normalized spacial score (nSPS) is 13.4. The topological polar surface area (TPSA) is 38.7 Å². The van der Waals surface area contributed by atoms with Crippen molar-refractivity contribution >= 4 is 0 Å². The molecule has 1 rings (SSSR count). The Morgan fingerprint density at radius 1 is 1.06 bits per heavy atom. The maximum absolute atomic E-state index is 9.91. The molecule has 0 aliphatic heterocycles. The van der Waals surface area contributed by atoms with E-state index in [2.05, 4.69) is 0 Å². The summed E-state index contributed by atoms with van der Waals surface area (Å²) in [5.41, 5.74) is 0.857. The number of ether oxygens (including phenoxy) is 2. The summed E-state index contributed by atoms with van der Waals surface area (Å²) in [6.07, 6.45) is 2.42. The number of rotatable bonds is 7. The lowest BCUT2D eigenvalue weighted by molar-refractivity contribution is -0.104. The lowest BCUT2D eigenvalue weighted by Gasteiger charge is -2.13. The summed E-state index contributed by atoms with van der Waals surface area (Å²) in [7, 11) is 0. The smallest absolute Gasteiger partial charge is 0.176 e. The van der Waals surface area contributed by atoms with E-state index in [1.54, 1.807) is 12.2 Å². The van der Waals surface area contributed by atoms with Crippen LogP contribution in [0.5, 0.6) is 0 Å². The van der Waals surface area contributed by atoms with Crippen LogP contribution in [0.3, 0.4) is 0 Å². The van der Waals surface area contributed by atoms with Crippen molar-refractivity contribution in [1.82, 2.24) is 0 Å². The van der Waals surface area contributed by atoms with Crippen LogP contribution in [-0.2, 0) is 9.47 Å². The van der Waals surface area contributed by atoms with Gasteiger partial charge in [-0.15, -0.1) is 0 Å². The van der Waals surface area contributed by atoms with Gasteiger partial charge < -0.3 is 14.6 Å². The lowest BCUT2D eigenvalue weighted by atomic mass is 10.1. The quantitative estimate of drug-likeness (QED) is 0.584. The van der Waals surface area contributed by atoms with Crippen LogP contribution in [0.15, 0.2) is 42.5 Å². The summed E-state index contributed by atoms with van der Waals surface area (Å²) in [4.78, 5) is 0. The van der Waals surface area contributed by atoms with Crippen LogP contribution < -0.4 is 0 Å². The third-order valence-corrected chi connectivity index (χ3v) is 2.25. The third kappa shape index (κ3) is 5.13. The Hall–Kier alpha value is -1.16. The fourth-order valence-electron chi connectivity index (χ4n) is 1.45. The Balaban J connectivity index is 2.56. The second kappa shape index (κ2) is 8.01. The number of aliphatic hydroxyl groups is 1. The van der Waals surface area contributed by atoms with E-state index in [1.165, 1.54) is 0 Å². The fraction of sp³-hybridized carbons (Fsp3) is 0.429. The van der Waals surface area contributed by atoms with E-state index in [9.17, 15) is 5.11 Å². The minimum absolute atomic E-state index is 0.386. The summed E-state index contributed by atoms with van der Waals surface area (Å²) in [5.74, 6) is 0. The summed E-state index contributed by atoms with van der Waals surface area (Å²) < 4.78 is 10.7. The number of hydrogen-bond donors (Lipinski definition) is 1. The highest BCUT2D eigenvalue weighted by molar-refractivity contribution is 5.20. The first-order valence-corrected chi connectivity index (χ1v) is 5.92.